The molecule has 0 atom stereocenters. The van der Waals surface area contributed by atoms with Crippen molar-refractivity contribution in [1.82, 2.24) is 9.80 Å². The van der Waals surface area contributed by atoms with Crippen molar-refractivity contribution >= 4 is 0 Å². The molecule has 0 rings (SSSR count). The van der Waals surface area contributed by atoms with E-state index in [1.807, 2.05) is 0 Å². The number of hydrogen-bond acceptors (Lipinski definition) is 2. The molecule has 0 amide bonds. The van der Waals surface area contributed by atoms with E-state index in [9.17, 15) is 0 Å². The number of hydrogen-bond donors (Lipinski definition) is 0. The number of unbranched alkanes of at least 4 members (excludes halogenated alkanes) is 3. The molecule has 0 spiro atoms. The van der Waals surface area contributed by atoms with Crippen LogP contribution in [0.2, 0.25) is 0 Å². The normalized spacial score (nSPS) is 11.6. The van der Waals surface area contributed by atoms with Gasteiger partial charge in [0.15, 0.2) is 0 Å². The standard InChI is InChI=1S/C13H30N2/c1-5-7-8-12-15(4)13-10-9-11-14(3)6-2/h5-13H2,1-4H3. The average Bonchev–Trinajstić information content (AvgIpc) is 2.24. The molecule has 0 aliphatic rings. The van der Waals surface area contributed by atoms with Gasteiger partial charge in [-0.2, -0.15) is 0 Å². The molecule has 0 saturated carbocycles. The van der Waals surface area contributed by atoms with E-state index in [0.717, 1.165) is 0 Å². The minimum Gasteiger partial charge on any atom is -0.307 e. The molecule has 0 aromatic carbocycles. The first-order valence-electron chi connectivity index (χ1n) is 6.57. The Morgan fingerprint density at radius 1 is 0.667 bits per heavy atom. The lowest BCUT2D eigenvalue weighted by Gasteiger charge is -2.18. The van der Waals surface area contributed by atoms with Gasteiger partial charge in [0.1, 0.15) is 0 Å². The van der Waals surface area contributed by atoms with Crippen LogP contribution >= 0.6 is 0 Å². The second kappa shape index (κ2) is 10.4. The van der Waals surface area contributed by atoms with Gasteiger partial charge in [-0.25, -0.2) is 0 Å². The summed E-state index contributed by atoms with van der Waals surface area (Å²) in [6.07, 6.45) is 6.75. The van der Waals surface area contributed by atoms with Gasteiger partial charge in [-0.15, -0.1) is 0 Å². The fraction of sp³-hybridized carbons (Fsp3) is 1.00. The van der Waals surface area contributed by atoms with Crippen LogP contribution in [0.4, 0.5) is 0 Å². The third-order valence-electron chi connectivity index (χ3n) is 3.01. The first-order valence-corrected chi connectivity index (χ1v) is 6.57. The maximum absolute atomic E-state index is 2.47. The van der Waals surface area contributed by atoms with Crippen molar-refractivity contribution in [3.05, 3.63) is 0 Å². The molecular weight excluding hydrogens is 184 g/mol. The molecule has 2 nitrogen and oxygen atoms in total. The summed E-state index contributed by atoms with van der Waals surface area (Å²) < 4.78 is 0. The van der Waals surface area contributed by atoms with Crippen LogP contribution in [0.25, 0.3) is 0 Å². The third-order valence-corrected chi connectivity index (χ3v) is 3.01. The lowest BCUT2D eigenvalue weighted by Crippen LogP contribution is -2.23. The molecule has 15 heavy (non-hydrogen) atoms. The second-order valence-corrected chi connectivity index (χ2v) is 4.61. The Morgan fingerprint density at radius 2 is 1.13 bits per heavy atom. The summed E-state index contributed by atoms with van der Waals surface area (Å²) in [6.45, 7) is 9.45. The van der Waals surface area contributed by atoms with Crippen LogP contribution in [0.5, 0.6) is 0 Å². The maximum Gasteiger partial charge on any atom is -0.00213 e. The first kappa shape index (κ1) is 14.9. The summed E-state index contributed by atoms with van der Waals surface area (Å²) in [7, 11) is 4.45. The van der Waals surface area contributed by atoms with E-state index in [1.165, 1.54) is 58.3 Å². The van der Waals surface area contributed by atoms with Crippen LogP contribution in [0, 0.1) is 0 Å². The Morgan fingerprint density at radius 3 is 1.60 bits per heavy atom. The topological polar surface area (TPSA) is 6.48 Å². The van der Waals surface area contributed by atoms with Gasteiger partial charge in [-0.3, -0.25) is 0 Å². The highest BCUT2D eigenvalue weighted by Crippen LogP contribution is 1.99. The highest BCUT2D eigenvalue weighted by Gasteiger charge is 1.98. The molecule has 0 fully saturated rings. The van der Waals surface area contributed by atoms with Gasteiger partial charge in [0, 0.05) is 0 Å². The zero-order valence-corrected chi connectivity index (χ0v) is 11.3. The summed E-state index contributed by atoms with van der Waals surface area (Å²) in [6, 6.07) is 0. The summed E-state index contributed by atoms with van der Waals surface area (Å²) in [5.74, 6) is 0. The van der Waals surface area contributed by atoms with E-state index in [-0.39, 0.29) is 0 Å². The second-order valence-electron chi connectivity index (χ2n) is 4.61. The SMILES string of the molecule is CCCCCN(C)CCCCN(C)CC. The van der Waals surface area contributed by atoms with Gasteiger partial charge < -0.3 is 9.80 Å². The molecule has 0 aliphatic heterocycles. The van der Waals surface area contributed by atoms with Crippen LogP contribution < -0.4 is 0 Å². The first-order chi connectivity index (χ1) is 7.20. The van der Waals surface area contributed by atoms with Gasteiger partial charge in [0.25, 0.3) is 0 Å². The molecule has 2 heteroatoms. The zero-order valence-electron chi connectivity index (χ0n) is 11.3. The van der Waals surface area contributed by atoms with Crippen LogP contribution in [0.15, 0.2) is 0 Å². The predicted octanol–water partition coefficient (Wildman–Crippen LogP) is 2.84. The highest BCUT2D eigenvalue weighted by atomic mass is 15.1. The van der Waals surface area contributed by atoms with Crippen LogP contribution in [-0.4, -0.2) is 50.1 Å². The van der Waals surface area contributed by atoms with Gasteiger partial charge in [-0.1, -0.05) is 26.7 Å². The average molecular weight is 214 g/mol. The lowest BCUT2D eigenvalue weighted by molar-refractivity contribution is 0.295. The fourth-order valence-corrected chi connectivity index (χ4v) is 1.67. The van der Waals surface area contributed by atoms with Gasteiger partial charge >= 0.3 is 0 Å². The minimum absolute atomic E-state index is 1.17. The molecule has 0 N–H and O–H groups in total. The smallest absolute Gasteiger partial charge is 0.00213 e. The van der Waals surface area contributed by atoms with Crippen molar-refractivity contribution in [3.8, 4) is 0 Å². The Kier molecular flexibility index (Phi) is 10.4. The maximum atomic E-state index is 2.47. The van der Waals surface area contributed by atoms with E-state index in [2.05, 4.69) is 37.7 Å². The van der Waals surface area contributed by atoms with Crippen LogP contribution in [0.1, 0.15) is 46.0 Å². The number of rotatable bonds is 10. The monoisotopic (exact) mass is 214 g/mol. The molecular formula is C13H30N2. The van der Waals surface area contributed by atoms with E-state index >= 15 is 0 Å². The molecule has 0 unspecified atom stereocenters. The fourth-order valence-electron chi connectivity index (χ4n) is 1.67. The summed E-state index contributed by atoms with van der Waals surface area (Å²) >= 11 is 0. The highest BCUT2D eigenvalue weighted by molar-refractivity contribution is 4.54. The van der Waals surface area contributed by atoms with Gasteiger partial charge in [0.05, 0.1) is 0 Å². The van der Waals surface area contributed by atoms with Crippen molar-refractivity contribution in [2.45, 2.75) is 46.0 Å². The van der Waals surface area contributed by atoms with Crippen LogP contribution in [-0.2, 0) is 0 Å². The molecule has 0 saturated heterocycles. The molecule has 0 aromatic rings. The van der Waals surface area contributed by atoms with E-state index in [0.29, 0.717) is 0 Å². The molecule has 0 bridgehead atoms. The predicted molar refractivity (Wildman–Crippen MR) is 69.4 cm³/mol. The Balaban J connectivity index is 3.19. The van der Waals surface area contributed by atoms with Crippen molar-refractivity contribution in [1.29, 1.82) is 0 Å². The molecule has 92 valence electrons. The quantitative estimate of drug-likeness (QED) is 0.516. The largest absolute Gasteiger partial charge is 0.307 e. The Hall–Kier alpha value is -0.0800. The molecule has 0 heterocycles. The third kappa shape index (κ3) is 10.2. The Bertz CT molecular complexity index is 126. The zero-order chi connectivity index (χ0) is 11.5. The minimum atomic E-state index is 1.17. The summed E-state index contributed by atoms with van der Waals surface area (Å²) in [5, 5.41) is 0. The molecule has 0 aliphatic carbocycles. The van der Waals surface area contributed by atoms with Crippen molar-refractivity contribution in [2.24, 2.45) is 0 Å². The van der Waals surface area contributed by atoms with E-state index in [4.69, 9.17) is 0 Å². The number of nitrogens with zero attached hydrogens (tertiary/aromatic N) is 2. The molecule has 0 radical (unpaired) electrons. The van der Waals surface area contributed by atoms with E-state index < -0.39 is 0 Å². The summed E-state index contributed by atoms with van der Waals surface area (Å²) in [4.78, 5) is 4.86. The summed E-state index contributed by atoms with van der Waals surface area (Å²) in [5.41, 5.74) is 0. The van der Waals surface area contributed by atoms with Gasteiger partial charge in [0.2, 0.25) is 0 Å². The molecule has 0 aromatic heterocycles. The van der Waals surface area contributed by atoms with Crippen molar-refractivity contribution in [2.75, 3.05) is 40.3 Å². The van der Waals surface area contributed by atoms with Crippen molar-refractivity contribution < 1.29 is 0 Å². The Labute approximate surface area is 96.6 Å². The van der Waals surface area contributed by atoms with Gasteiger partial charge in [-0.05, 0) is 59.5 Å². The lowest BCUT2D eigenvalue weighted by atomic mass is 10.2. The van der Waals surface area contributed by atoms with Crippen molar-refractivity contribution in [3.63, 3.8) is 0 Å². The van der Waals surface area contributed by atoms with E-state index in [1.54, 1.807) is 0 Å². The van der Waals surface area contributed by atoms with Crippen LogP contribution in [0.3, 0.4) is 0 Å².